The van der Waals surface area contributed by atoms with E-state index in [1.165, 1.54) is 19.3 Å². The predicted molar refractivity (Wildman–Crippen MR) is 70.0 cm³/mol. The number of aliphatic carboxylic acids is 1. The van der Waals surface area contributed by atoms with Crippen LogP contribution in [0.5, 0.6) is 0 Å². The van der Waals surface area contributed by atoms with Crippen LogP contribution in [0.4, 0.5) is 0 Å². The molecule has 0 spiro atoms. The molecule has 2 atom stereocenters. The topological polar surface area (TPSA) is 49.3 Å². The van der Waals surface area contributed by atoms with Crippen LogP contribution in [0, 0.1) is 17.3 Å². The zero-order valence-corrected chi connectivity index (χ0v) is 11.6. The molecule has 1 rings (SSSR count). The molecule has 1 saturated carbocycles. The van der Waals surface area contributed by atoms with Crippen molar-refractivity contribution in [1.29, 1.82) is 0 Å². The molecule has 17 heavy (non-hydrogen) atoms. The fourth-order valence-corrected chi connectivity index (χ4v) is 2.83. The van der Waals surface area contributed by atoms with Crippen LogP contribution in [0.3, 0.4) is 0 Å². The Bertz CT molecular complexity index is 261. The van der Waals surface area contributed by atoms with Gasteiger partial charge in [0, 0.05) is 12.6 Å². The first-order valence-corrected chi connectivity index (χ1v) is 6.79. The van der Waals surface area contributed by atoms with Crippen molar-refractivity contribution in [2.24, 2.45) is 17.3 Å². The second-order valence-corrected chi connectivity index (χ2v) is 6.51. The molecular formula is C14H27NO2. The van der Waals surface area contributed by atoms with E-state index in [-0.39, 0.29) is 5.92 Å². The Kier molecular flexibility index (Phi) is 4.99. The van der Waals surface area contributed by atoms with Gasteiger partial charge in [-0.3, -0.25) is 4.79 Å². The van der Waals surface area contributed by atoms with Gasteiger partial charge in [0.25, 0.3) is 0 Å². The number of hydrogen-bond donors (Lipinski definition) is 2. The highest BCUT2D eigenvalue weighted by atomic mass is 16.4. The average molecular weight is 241 g/mol. The minimum Gasteiger partial charge on any atom is -0.481 e. The molecule has 1 fully saturated rings. The Balaban J connectivity index is 2.44. The summed E-state index contributed by atoms with van der Waals surface area (Å²) in [5.41, 5.74) is 0.320. The Morgan fingerprint density at radius 3 is 2.53 bits per heavy atom. The van der Waals surface area contributed by atoms with Crippen molar-refractivity contribution in [1.82, 2.24) is 5.32 Å². The maximum absolute atomic E-state index is 11.2. The van der Waals surface area contributed by atoms with Gasteiger partial charge in [-0.2, -0.15) is 0 Å². The Labute approximate surface area is 105 Å². The van der Waals surface area contributed by atoms with E-state index in [2.05, 4.69) is 33.0 Å². The quantitative estimate of drug-likeness (QED) is 0.751. The van der Waals surface area contributed by atoms with Crippen LogP contribution in [-0.2, 0) is 4.79 Å². The Morgan fingerprint density at radius 2 is 2.12 bits per heavy atom. The van der Waals surface area contributed by atoms with E-state index in [1.54, 1.807) is 0 Å². The van der Waals surface area contributed by atoms with E-state index in [4.69, 9.17) is 0 Å². The lowest BCUT2D eigenvalue weighted by Crippen LogP contribution is -2.42. The summed E-state index contributed by atoms with van der Waals surface area (Å²) in [6.07, 6.45) is 4.44. The van der Waals surface area contributed by atoms with Crippen molar-refractivity contribution in [3.63, 3.8) is 0 Å². The Morgan fingerprint density at radius 1 is 1.47 bits per heavy atom. The van der Waals surface area contributed by atoms with Crippen LogP contribution in [0.25, 0.3) is 0 Å². The van der Waals surface area contributed by atoms with Crippen LogP contribution in [0.1, 0.15) is 53.4 Å². The molecule has 1 aliphatic carbocycles. The largest absolute Gasteiger partial charge is 0.481 e. The van der Waals surface area contributed by atoms with Gasteiger partial charge in [-0.15, -0.1) is 0 Å². The minimum atomic E-state index is -0.665. The predicted octanol–water partition coefficient (Wildman–Crippen LogP) is 2.90. The van der Waals surface area contributed by atoms with Gasteiger partial charge in [0.05, 0.1) is 5.92 Å². The van der Waals surface area contributed by atoms with E-state index < -0.39 is 5.97 Å². The van der Waals surface area contributed by atoms with Crippen molar-refractivity contribution >= 4 is 5.97 Å². The minimum absolute atomic E-state index is 0.244. The first-order valence-electron chi connectivity index (χ1n) is 6.79. The van der Waals surface area contributed by atoms with Crippen LogP contribution in [0.2, 0.25) is 0 Å². The van der Waals surface area contributed by atoms with Gasteiger partial charge in [-0.05, 0) is 30.6 Å². The van der Waals surface area contributed by atoms with E-state index in [0.717, 1.165) is 6.42 Å². The third-order valence-corrected chi connectivity index (χ3v) is 3.97. The third-order valence-electron chi connectivity index (χ3n) is 3.97. The first kappa shape index (κ1) is 14.5. The van der Waals surface area contributed by atoms with Gasteiger partial charge >= 0.3 is 5.97 Å². The van der Waals surface area contributed by atoms with E-state index in [9.17, 15) is 9.90 Å². The molecule has 0 aromatic heterocycles. The monoisotopic (exact) mass is 241 g/mol. The molecule has 0 radical (unpaired) electrons. The van der Waals surface area contributed by atoms with E-state index in [0.29, 0.717) is 23.9 Å². The van der Waals surface area contributed by atoms with E-state index in [1.807, 2.05) is 0 Å². The number of carboxylic acids is 1. The molecule has 1 aliphatic rings. The van der Waals surface area contributed by atoms with E-state index >= 15 is 0 Å². The van der Waals surface area contributed by atoms with Crippen LogP contribution >= 0.6 is 0 Å². The van der Waals surface area contributed by atoms with Crippen molar-refractivity contribution < 1.29 is 9.90 Å². The fraction of sp³-hybridized carbons (Fsp3) is 0.929. The first-order chi connectivity index (χ1) is 7.83. The smallest absolute Gasteiger partial charge is 0.307 e. The highest BCUT2D eigenvalue weighted by Gasteiger charge is 2.34. The van der Waals surface area contributed by atoms with Crippen molar-refractivity contribution in [3.05, 3.63) is 0 Å². The zero-order chi connectivity index (χ0) is 13.1. The summed E-state index contributed by atoms with van der Waals surface area (Å²) in [5, 5.41) is 12.7. The zero-order valence-electron chi connectivity index (χ0n) is 11.6. The maximum atomic E-state index is 11.2. The summed E-state index contributed by atoms with van der Waals surface area (Å²) in [7, 11) is 0. The summed E-state index contributed by atoms with van der Waals surface area (Å²) >= 11 is 0. The SMILES string of the molecule is CC(C)CC(CNC1CCCC1(C)C)C(=O)O. The summed E-state index contributed by atoms with van der Waals surface area (Å²) < 4.78 is 0. The van der Waals surface area contributed by atoms with Crippen molar-refractivity contribution in [2.45, 2.75) is 59.4 Å². The van der Waals surface area contributed by atoms with Gasteiger partial charge < -0.3 is 10.4 Å². The Hall–Kier alpha value is -0.570. The number of carboxylic acid groups (broad SMARTS) is 1. The molecule has 0 heterocycles. The summed E-state index contributed by atoms with van der Waals surface area (Å²) in [4.78, 5) is 11.2. The molecule has 0 amide bonds. The molecule has 0 bridgehead atoms. The maximum Gasteiger partial charge on any atom is 0.307 e. The van der Waals surface area contributed by atoms with Gasteiger partial charge in [-0.25, -0.2) is 0 Å². The molecule has 0 saturated heterocycles. The second-order valence-electron chi connectivity index (χ2n) is 6.51. The summed E-state index contributed by atoms with van der Waals surface area (Å²) in [5.74, 6) is -0.470. The average Bonchev–Trinajstić information content (AvgIpc) is 2.51. The highest BCUT2D eigenvalue weighted by molar-refractivity contribution is 5.70. The van der Waals surface area contributed by atoms with Gasteiger partial charge in [-0.1, -0.05) is 34.1 Å². The molecule has 2 N–H and O–H groups in total. The van der Waals surface area contributed by atoms with Crippen LogP contribution in [-0.4, -0.2) is 23.7 Å². The van der Waals surface area contributed by atoms with Crippen LogP contribution in [0.15, 0.2) is 0 Å². The van der Waals surface area contributed by atoms with Crippen molar-refractivity contribution in [2.75, 3.05) is 6.54 Å². The molecular weight excluding hydrogens is 214 g/mol. The third kappa shape index (κ3) is 4.30. The molecule has 3 heteroatoms. The van der Waals surface area contributed by atoms with Crippen molar-refractivity contribution in [3.8, 4) is 0 Å². The van der Waals surface area contributed by atoms with Gasteiger partial charge in [0.1, 0.15) is 0 Å². The molecule has 100 valence electrons. The lowest BCUT2D eigenvalue weighted by Gasteiger charge is -2.29. The fourth-order valence-electron chi connectivity index (χ4n) is 2.83. The molecule has 0 aliphatic heterocycles. The second kappa shape index (κ2) is 5.85. The number of hydrogen-bond acceptors (Lipinski definition) is 2. The highest BCUT2D eigenvalue weighted by Crippen LogP contribution is 2.37. The molecule has 2 unspecified atom stereocenters. The molecule has 3 nitrogen and oxygen atoms in total. The molecule has 0 aromatic carbocycles. The summed E-state index contributed by atoms with van der Waals surface area (Å²) in [6.45, 7) is 9.32. The van der Waals surface area contributed by atoms with Gasteiger partial charge in [0.2, 0.25) is 0 Å². The lowest BCUT2D eigenvalue weighted by atomic mass is 9.87. The lowest BCUT2D eigenvalue weighted by molar-refractivity contribution is -0.142. The number of carbonyl (C=O) groups is 1. The summed E-state index contributed by atoms with van der Waals surface area (Å²) in [6, 6.07) is 0.483. The number of rotatable bonds is 6. The molecule has 0 aromatic rings. The van der Waals surface area contributed by atoms with Crippen LogP contribution < -0.4 is 5.32 Å². The number of nitrogens with one attached hydrogen (secondary N) is 1. The standard InChI is InChI=1S/C14H27NO2/c1-10(2)8-11(13(16)17)9-15-12-6-5-7-14(12,3)4/h10-12,15H,5-9H2,1-4H3,(H,16,17). The van der Waals surface area contributed by atoms with Gasteiger partial charge in [0.15, 0.2) is 0 Å². The normalized spacial score (nSPS) is 25.1.